The third kappa shape index (κ3) is 2.14. The van der Waals surface area contributed by atoms with E-state index >= 15 is 0 Å². The third-order valence-electron chi connectivity index (χ3n) is 2.43. The summed E-state index contributed by atoms with van der Waals surface area (Å²) in [6, 6.07) is 0. The van der Waals surface area contributed by atoms with E-state index < -0.39 is 0 Å². The second-order valence-electron chi connectivity index (χ2n) is 3.45. The highest BCUT2D eigenvalue weighted by Crippen LogP contribution is 2.15. The first-order valence-electron chi connectivity index (χ1n) is 5.11. The molecule has 16 heavy (non-hydrogen) atoms. The molecule has 0 aliphatic heterocycles. The molecule has 5 heteroatoms. The normalized spacial score (nSPS) is 11.4. The quantitative estimate of drug-likeness (QED) is 0.887. The number of hydrogen-bond acceptors (Lipinski definition) is 4. The molecule has 0 aliphatic rings. The van der Waals surface area contributed by atoms with Crippen LogP contribution >= 0.6 is 11.3 Å². The number of imidazole rings is 1. The van der Waals surface area contributed by atoms with E-state index in [1.54, 1.807) is 0 Å². The van der Waals surface area contributed by atoms with Gasteiger partial charge in [-0.1, -0.05) is 0 Å². The Morgan fingerprint density at radius 2 is 2.31 bits per heavy atom. The Hall–Kier alpha value is -1.62. The summed E-state index contributed by atoms with van der Waals surface area (Å²) in [5.74, 6) is 0. The fourth-order valence-electron chi connectivity index (χ4n) is 1.48. The second kappa shape index (κ2) is 4.49. The molecule has 0 amide bonds. The number of thiazole rings is 1. The largest absolute Gasteiger partial charge is 0.375 e. The Kier molecular flexibility index (Phi) is 3.05. The van der Waals surface area contributed by atoms with Gasteiger partial charge in [-0.25, -0.2) is 9.97 Å². The number of aromatic nitrogens is 3. The minimum atomic E-state index is 0.593. The summed E-state index contributed by atoms with van der Waals surface area (Å²) in [4.78, 5) is 8.49. The first-order valence-corrected chi connectivity index (χ1v) is 5.99. The molecule has 0 unspecified atom stereocenters. The number of anilines is 1. The molecule has 0 bridgehead atoms. The highest BCUT2D eigenvalue weighted by Gasteiger charge is 2.01. The molecular formula is C11H14N4S. The molecule has 0 atom stereocenters. The zero-order valence-electron chi connectivity index (χ0n) is 9.34. The molecule has 0 aromatic carbocycles. The molecule has 2 N–H and O–H groups in total. The van der Waals surface area contributed by atoms with Crippen molar-refractivity contribution in [1.29, 1.82) is 0 Å². The lowest BCUT2D eigenvalue weighted by Crippen LogP contribution is -1.94. The molecule has 0 fully saturated rings. The number of nitrogens with zero attached hydrogens (tertiary/aromatic N) is 3. The van der Waals surface area contributed by atoms with Gasteiger partial charge in [0.25, 0.3) is 0 Å². The summed E-state index contributed by atoms with van der Waals surface area (Å²) in [5, 5.41) is 2.52. The first-order chi connectivity index (χ1) is 7.70. The molecule has 0 saturated heterocycles. The maximum atomic E-state index is 5.56. The fraction of sp³-hybridized carbons (Fsp3) is 0.273. The van der Waals surface area contributed by atoms with Crippen molar-refractivity contribution in [2.75, 3.05) is 5.73 Å². The van der Waals surface area contributed by atoms with Crippen LogP contribution in [0, 0.1) is 6.92 Å². The molecular weight excluding hydrogens is 220 g/mol. The zero-order valence-corrected chi connectivity index (χ0v) is 10.2. The Morgan fingerprint density at radius 1 is 1.50 bits per heavy atom. The van der Waals surface area contributed by atoms with E-state index in [0.29, 0.717) is 5.13 Å². The molecule has 0 radical (unpaired) electrons. The van der Waals surface area contributed by atoms with Crippen LogP contribution in [-0.4, -0.2) is 14.5 Å². The fourth-order valence-corrected chi connectivity index (χ4v) is 2.01. The molecule has 0 spiro atoms. The van der Waals surface area contributed by atoms with Crippen molar-refractivity contribution >= 4 is 28.6 Å². The van der Waals surface area contributed by atoms with Crippen LogP contribution in [-0.2, 0) is 6.54 Å². The van der Waals surface area contributed by atoms with Crippen molar-refractivity contribution in [3.8, 4) is 0 Å². The Morgan fingerprint density at radius 3 is 2.88 bits per heavy atom. The molecule has 0 aliphatic carbocycles. The van der Waals surface area contributed by atoms with E-state index in [4.69, 9.17) is 5.73 Å². The van der Waals surface area contributed by atoms with E-state index in [-0.39, 0.29) is 0 Å². The molecule has 2 aromatic rings. The summed E-state index contributed by atoms with van der Waals surface area (Å²) in [6.07, 6.45) is 5.75. The number of nitrogens with two attached hydrogens (primary N) is 1. The van der Waals surface area contributed by atoms with Gasteiger partial charge < -0.3 is 10.3 Å². The first kappa shape index (κ1) is 10.9. The Labute approximate surface area is 98.5 Å². The summed E-state index contributed by atoms with van der Waals surface area (Å²) in [6.45, 7) is 5.10. The molecule has 4 nitrogen and oxygen atoms in total. The lowest BCUT2D eigenvalue weighted by molar-refractivity contribution is 0.737. The predicted octanol–water partition coefficient (Wildman–Crippen LogP) is 2.42. The van der Waals surface area contributed by atoms with Crippen LogP contribution < -0.4 is 5.73 Å². The standard InChI is InChI=1S/C11H14N4S/c1-3-15-7-13-10(8(15)2)5-4-9-6-16-11(12)14-9/h4-7H,3H2,1-2H3,(H2,12,14)/b5-4+. The average Bonchev–Trinajstić information content (AvgIpc) is 2.83. The number of rotatable bonds is 3. The molecule has 2 heterocycles. The minimum Gasteiger partial charge on any atom is -0.375 e. The van der Waals surface area contributed by atoms with Gasteiger partial charge >= 0.3 is 0 Å². The minimum absolute atomic E-state index is 0.593. The summed E-state index contributed by atoms with van der Waals surface area (Å²) >= 11 is 1.44. The number of nitrogen functional groups attached to an aromatic ring is 1. The molecule has 2 rings (SSSR count). The van der Waals surface area contributed by atoms with Crippen molar-refractivity contribution in [1.82, 2.24) is 14.5 Å². The van der Waals surface area contributed by atoms with Gasteiger partial charge in [-0.05, 0) is 26.0 Å². The Bertz CT molecular complexity index is 510. The highest BCUT2D eigenvalue weighted by molar-refractivity contribution is 7.13. The van der Waals surface area contributed by atoms with E-state index in [0.717, 1.165) is 17.9 Å². The van der Waals surface area contributed by atoms with Gasteiger partial charge in [-0.3, -0.25) is 0 Å². The van der Waals surface area contributed by atoms with Crippen LogP contribution in [0.25, 0.3) is 12.2 Å². The summed E-state index contributed by atoms with van der Waals surface area (Å²) in [5.41, 5.74) is 8.59. The third-order valence-corrected chi connectivity index (χ3v) is 3.12. The van der Waals surface area contributed by atoms with Gasteiger partial charge in [0.2, 0.25) is 0 Å². The lowest BCUT2D eigenvalue weighted by Gasteiger charge is -1.98. The maximum Gasteiger partial charge on any atom is 0.180 e. The van der Waals surface area contributed by atoms with Crippen molar-refractivity contribution in [2.45, 2.75) is 20.4 Å². The number of hydrogen-bond donors (Lipinski definition) is 1. The van der Waals surface area contributed by atoms with E-state index in [2.05, 4.69) is 28.4 Å². The van der Waals surface area contributed by atoms with Crippen LogP contribution in [0.1, 0.15) is 24.0 Å². The molecule has 0 saturated carbocycles. The van der Waals surface area contributed by atoms with Gasteiger partial charge in [0.1, 0.15) is 0 Å². The van der Waals surface area contributed by atoms with Crippen molar-refractivity contribution < 1.29 is 0 Å². The van der Waals surface area contributed by atoms with Gasteiger partial charge in [-0.2, -0.15) is 0 Å². The average molecular weight is 234 g/mol. The van der Waals surface area contributed by atoms with Crippen LogP contribution in [0.4, 0.5) is 5.13 Å². The zero-order chi connectivity index (χ0) is 11.5. The lowest BCUT2D eigenvalue weighted by atomic mass is 10.3. The van der Waals surface area contributed by atoms with Crippen LogP contribution in [0.15, 0.2) is 11.7 Å². The monoisotopic (exact) mass is 234 g/mol. The van der Waals surface area contributed by atoms with Crippen molar-refractivity contribution in [3.63, 3.8) is 0 Å². The van der Waals surface area contributed by atoms with Gasteiger partial charge in [0.05, 0.1) is 17.7 Å². The molecule has 2 aromatic heterocycles. The van der Waals surface area contributed by atoms with Crippen LogP contribution in [0.5, 0.6) is 0 Å². The van der Waals surface area contributed by atoms with E-state index in [1.165, 1.54) is 17.0 Å². The van der Waals surface area contributed by atoms with E-state index in [9.17, 15) is 0 Å². The number of aryl methyl sites for hydroxylation is 1. The van der Waals surface area contributed by atoms with Crippen molar-refractivity contribution in [3.05, 3.63) is 28.8 Å². The second-order valence-corrected chi connectivity index (χ2v) is 4.33. The van der Waals surface area contributed by atoms with Crippen molar-refractivity contribution in [2.24, 2.45) is 0 Å². The summed E-state index contributed by atoms with van der Waals surface area (Å²) in [7, 11) is 0. The predicted molar refractivity (Wildman–Crippen MR) is 68.1 cm³/mol. The highest BCUT2D eigenvalue weighted by atomic mass is 32.1. The van der Waals surface area contributed by atoms with Crippen LogP contribution in [0.2, 0.25) is 0 Å². The SMILES string of the molecule is CCn1cnc(/C=C/c2csc(N)n2)c1C. The van der Waals surface area contributed by atoms with Gasteiger partial charge in [0, 0.05) is 17.6 Å². The summed E-state index contributed by atoms with van der Waals surface area (Å²) < 4.78 is 2.11. The smallest absolute Gasteiger partial charge is 0.180 e. The Balaban J connectivity index is 2.20. The maximum absolute atomic E-state index is 5.56. The van der Waals surface area contributed by atoms with Gasteiger partial charge in [-0.15, -0.1) is 11.3 Å². The van der Waals surface area contributed by atoms with Crippen LogP contribution in [0.3, 0.4) is 0 Å². The topological polar surface area (TPSA) is 56.7 Å². The van der Waals surface area contributed by atoms with Gasteiger partial charge in [0.15, 0.2) is 5.13 Å². The van der Waals surface area contributed by atoms with E-state index in [1.807, 2.05) is 23.9 Å². The molecule has 84 valence electrons.